The third-order valence-electron chi connectivity index (χ3n) is 7.59. The highest BCUT2D eigenvalue weighted by atomic mass is 32.1. The van der Waals surface area contributed by atoms with Gasteiger partial charge in [0, 0.05) is 32.6 Å². The van der Waals surface area contributed by atoms with Gasteiger partial charge in [-0.3, -0.25) is 0 Å². The van der Waals surface area contributed by atoms with Crippen LogP contribution in [0.5, 0.6) is 0 Å². The third kappa shape index (κ3) is 1.59. The SMILES string of the molecule is C=C1CCCCc2sc3cc4c(cc3c2C1)NC1C2C=C3CCC3=CC421. The van der Waals surface area contributed by atoms with Crippen molar-refractivity contribution >= 4 is 27.1 Å². The maximum atomic E-state index is 4.34. The zero-order valence-corrected chi connectivity index (χ0v) is 15.8. The Kier molecular flexibility index (Phi) is 2.49. The minimum Gasteiger partial charge on any atom is -0.380 e. The number of hydrogen-bond donors (Lipinski definition) is 1. The highest BCUT2D eigenvalue weighted by Crippen LogP contribution is 2.68. The molecule has 130 valence electrons. The van der Waals surface area contributed by atoms with E-state index in [-0.39, 0.29) is 5.41 Å². The highest BCUT2D eigenvalue weighted by molar-refractivity contribution is 7.19. The van der Waals surface area contributed by atoms with Crippen molar-refractivity contribution in [2.45, 2.75) is 56.4 Å². The molecule has 1 aromatic heterocycles. The maximum absolute atomic E-state index is 4.34. The molecule has 1 aromatic carbocycles. The van der Waals surface area contributed by atoms with Crippen molar-refractivity contribution in [2.75, 3.05) is 5.32 Å². The Morgan fingerprint density at radius 2 is 1.96 bits per heavy atom. The van der Waals surface area contributed by atoms with Gasteiger partial charge in [-0.05, 0) is 84.7 Å². The topological polar surface area (TPSA) is 12.0 Å². The van der Waals surface area contributed by atoms with Gasteiger partial charge in [0.05, 0.1) is 0 Å². The van der Waals surface area contributed by atoms with E-state index in [1.54, 1.807) is 27.2 Å². The first-order valence-corrected chi connectivity index (χ1v) is 11.0. The van der Waals surface area contributed by atoms with Crippen LogP contribution in [0.1, 0.15) is 48.1 Å². The van der Waals surface area contributed by atoms with Crippen LogP contribution in [0.4, 0.5) is 5.69 Å². The van der Waals surface area contributed by atoms with Gasteiger partial charge in [-0.15, -0.1) is 11.3 Å². The summed E-state index contributed by atoms with van der Waals surface area (Å²) in [5.74, 6) is 0.701. The molecule has 4 aliphatic carbocycles. The summed E-state index contributed by atoms with van der Waals surface area (Å²) in [5.41, 5.74) is 9.52. The van der Waals surface area contributed by atoms with Crippen molar-refractivity contribution in [3.8, 4) is 0 Å². The lowest BCUT2D eigenvalue weighted by Crippen LogP contribution is -2.16. The van der Waals surface area contributed by atoms with E-state index in [4.69, 9.17) is 0 Å². The van der Waals surface area contributed by atoms with E-state index < -0.39 is 0 Å². The quantitative estimate of drug-likeness (QED) is 0.566. The summed E-state index contributed by atoms with van der Waals surface area (Å²) in [6.07, 6.45) is 14.0. The standard InChI is InChI=1S/C24H23NS/c1-13-4-2-3-5-21-16(8-13)17-10-20-18(11-22(17)26-21)24-12-15-7-6-14(15)9-19(24)23(24)25-20/h9-12,19,23,25H,1-8H2. The molecular formula is C24H23NS. The summed E-state index contributed by atoms with van der Waals surface area (Å²) in [6.45, 7) is 4.34. The minimum absolute atomic E-state index is 0.282. The average molecular weight is 358 g/mol. The fraction of sp³-hybridized carbons (Fsp3) is 0.417. The summed E-state index contributed by atoms with van der Waals surface area (Å²) in [4.78, 5) is 1.62. The molecule has 0 amide bonds. The van der Waals surface area contributed by atoms with Crippen molar-refractivity contribution in [3.05, 3.63) is 63.6 Å². The molecule has 1 N–H and O–H groups in total. The Morgan fingerprint density at radius 3 is 2.85 bits per heavy atom. The summed E-state index contributed by atoms with van der Waals surface area (Å²) < 4.78 is 1.51. The van der Waals surface area contributed by atoms with Crippen LogP contribution in [-0.2, 0) is 18.3 Å². The Labute approximate surface area is 158 Å². The predicted molar refractivity (Wildman–Crippen MR) is 110 cm³/mol. The third-order valence-corrected chi connectivity index (χ3v) is 8.84. The molecule has 0 radical (unpaired) electrons. The number of allylic oxidation sites excluding steroid dienone is 3. The van der Waals surface area contributed by atoms with Crippen molar-refractivity contribution in [3.63, 3.8) is 0 Å². The smallest absolute Gasteiger partial charge is 0.0475 e. The second-order valence-corrected chi connectivity index (χ2v) is 10.1. The van der Waals surface area contributed by atoms with E-state index in [0.717, 1.165) is 6.42 Å². The molecule has 26 heavy (non-hydrogen) atoms. The molecule has 2 heteroatoms. The molecule has 1 spiro atoms. The van der Waals surface area contributed by atoms with Crippen LogP contribution in [0.2, 0.25) is 0 Å². The molecule has 0 bridgehead atoms. The van der Waals surface area contributed by atoms with Crippen LogP contribution in [0, 0.1) is 5.92 Å². The van der Waals surface area contributed by atoms with Crippen molar-refractivity contribution in [1.82, 2.24) is 0 Å². The lowest BCUT2D eigenvalue weighted by atomic mass is 9.76. The van der Waals surface area contributed by atoms with E-state index in [1.807, 2.05) is 0 Å². The normalized spacial score (nSPS) is 33.3. The molecule has 1 aliphatic heterocycles. The Balaban J connectivity index is 1.40. The highest BCUT2D eigenvalue weighted by Gasteiger charge is 2.69. The number of anilines is 1. The average Bonchev–Trinajstić information content (AvgIpc) is 2.92. The molecule has 0 saturated heterocycles. The van der Waals surface area contributed by atoms with E-state index in [0.29, 0.717) is 12.0 Å². The van der Waals surface area contributed by atoms with Gasteiger partial charge in [0.15, 0.2) is 0 Å². The first kappa shape index (κ1) is 14.3. The summed E-state index contributed by atoms with van der Waals surface area (Å²) in [5, 5.41) is 5.39. The van der Waals surface area contributed by atoms with Gasteiger partial charge in [0.1, 0.15) is 0 Å². The maximum Gasteiger partial charge on any atom is 0.0475 e. The van der Waals surface area contributed by atoms with E-state index in [2.05, 4.69) is 47.5 Å². The summed E-state index contributed by atoms with van der Waals surface area (Å²) >= 11 is 2.06. The molecule has 2 saturated carbocycles. The number of aryl methyl sites for hydroxylation is 1. The van der Waals surface area contributed by atoms with Gasteiger partial charge in [-0.1, -0.05) is 24.3 Å². The molecule has 1 nitrogen and oxygen atoms in total. The van der Waals surface area contributed by atoms with Gasteiger partial charge in [0.25, 0.3) is 0 Å². The van der Waals surface area contributed by atoms with Crippen LogP contribution in [0.25, 0.3) is 10.1 Å². The van der Waals surface area contributed by atoms with Gasteiger partial charge in [-0.2, -0.15) is 0 Å². The zero-order chi connectivity index (χ0) is 17.0. The molecular weight excluding hydrogens is 334 g/mol. The fourth-order valence-corrected chi connectivity index (χ4v) is 7.33. The predicted octanol–water partition coefficient (Wildman–Crippen LogP) is 6.05. The first-order chi connectivity index (χ1) is 12.7. The molecule has 2 aromatic rings. The van der Waals surface area contributed by atoms with Crippen LogP contribution < -0.4 is 5.32 Å². The van der Waals surface area contributed by atoms with Crippen LogP contribution in [-0.4, -0.2) is 6.04 Å². The molecule has 3 unspecified atom stereocenters. The lowest BCUT2D eigenvalue weighted by Gasteiger charge is -2.29. The van der Waals surface area contributed by atoms with Gasteiger partial charge >= 0.3 is 0 Å². The number of thiophene rings is 1. The molecule has 3 atom stereocenters. The number of rotatable bonds is 0. The van der Waals surface area contributed by atoms with Crippen LogP contribution >= 0.6 is 11.3 Å². The van der Waals surface area contributed by atoms with Gasteiger partial charge < -0.3 is 5.32 Å². The Morgan fingerprint density at radius 1 is 1.08 bits per heavy atom. The first-order valence-electron chi connectivity index (χ1n) is 10.2. The number of hydrogen-bond acceptors (Lipinski definition) is 2. The molecule has 7 rings (SSSR count). The Hall–Kier alpha value is -1.80. The largest absolute Gasteiger partial charge is 0.380 e. The Bertz CT molecular complexity index is 1080. The van der Waals surface area contributed by atoms with E-state index in [1.165, 1.54) is 59.9 Å². The summed E-state index contributed by atoms with van der Waals surface area (Å²) in [7, 11) is 0. The van der Waals surface area contributed by atoms with Crippen molar-refractivity contribution in [1.29, 1.82) is 0 Å². The lowest BCUT2D eigenvalue weighted by molar-refractivity contribution is 0.708. The monoisotopic (exact) mass is 357 g/mol. The van der Waals surface area contributed by atoms with Gasteiger partial charge in [-0.25, -0.2) is 0 Å². The van der Waals surface area contributed by atoms with Crippen LogP contribution in [0.15, 0.2) is 47.6 Å². The van der Waals surface area contributed by atoms with E-state index >= 15 is 0 Å². The second kappa shape index (κ2) is 4.54. The number of benzene rings is 1. The minimum atomic E-state index is 0.282. The molecule has 2 heterocycles. The molecule has 2 fully saturated rings. The van der Waals surface area contributed by atoms with Crippen molar-refractivity contribution in [2.24, 2.45) is 5.92 Å². The van der Waals surface area contributed by atoms with Gasteiger partial charge in [0.2, 0.25) is 0 Å². The zero-order valence-electron chi connectivity index (χ0n) is 15.0. The number of nitrogens with one attached hydrogen (secondary N) is 1. The van der Waals surface area contributed by atoms with E-state index in [9.17, 15) is 0 Å². The molecule has 5 aliphatic rings. The number of fused-ring (bicyclic) bond motifs is 6. The summed E-state index contributed by atoms with van der Waals surface area (Å²) in [6, 6.07) is 5.63. The fourth-order valence-electron chi connectivity index (χ4n) is 6.05. The van der Waals surface area contributed by atoms with Crippen LogP contribution in [0.3, 0.4) is 0 Å². The van der Waals surface area contributed by atoms with Crippen molar-refractivity contribution < 1.29 is 0 Å². The second-order valence-electron chi connectivity index (χ2n) is 8.97.